The van der Waals surface area contributed by atoms with Crippen molar-refractivity contribution in [1.82, 2.24) is 0 Å². The predicted octanol–water partition coefficient (Wildman–Crippen LogP) is 2.22. The summed E-state index contributed by atoms with van der Waals surface area (Å²) in [5, 5.41) is 9.03. The van der Waals surface area contributed by atoms with Crippen LogP contribution in [-0.4, -0.2) is 29.1 Å². The molecule has 1 aromatic rings. The Morgan fingerprint density at radius 2 is 2.16 bits per heavy atom. The zero-order chi connectivity index (χ0) is 13.4. The molecule has 0 saturated heterocycles. The molecule has 0 amide bonds. The van der Waals surface area contributed by atoms with Crippen molar-refractivity contribution in [2.45, 2.75) is 31.4 Å². The Morgan fingerprint density at radius 3 is 2.89 bits per heavy atom. The lowest BCUT2D eigenvalue weighted by molar-refractivity contribution is -0.143. The zero-order valence-electron chi connectivity index (χ0n) is 10.3. The van der Waals surface area contributed by atoms with Crippen LogP contribution in [0.2, 0.25) is 0 Å². The highest BCUT2D eigenvalue weighted by Crippen LogP contribution is 2.33. The van der Waals surface area contributed by atoms with Gasteiger partial charge in [0.1, 0.15) is 11.9 Å². The quantitative estimate of drug-likeness (QED) is 0.890. The number of benzene rings is 1. The number of ether oxygens (including phenoxy) is 1. The van der Waals surface area contributed by atoms with E-state index in [9.17, 15) is 9.18 Å². The minimum atomic E-state index is -0.790. The molecule has 1 aliphatic carbocycles. The Morgan fingerprint density at radius 1 is 1.37 bits per heavy atom. The molecule has 0 aromatic heterocycles. The molecule has 1 saturated carbocycles. The SMILES string of the molecule is O=C(O)C1CCC2N=C(c3ccccc3F)OC2C1. The summed E-state index contributed by atoms with van der Waals surface area (Å²) in [6, 6.07) is 6.29. The normalized spacial score (nSPS) is 29.3. The summed E-state index contributed by atoms with van der Waals surface area (Å²) in [5.74, 6) is -1.23. The van der Waals surface area contributed by atoms with Gasteiger partial charge in [-0.2, -0.15) is 0 Å². The molecule has 5 heteroatoms. The van der Waals surface area contributed by atoms with Crippen molar-refractivity contribution in [3.8, 4) is 0 Å². The molecule has 1 aromatic carbocycles. The zero-order valence-corrected chi connectivity index (χ0v) is 10.3. The van der Waals surface area contributed by atoms with Crippen molar-refractivity contribution in [3.05, 3.63) is 35.6 Å². The third-order valence-corrected chi connectivity index (χ3v) is 3.76. The largest absolute Gasteiger partial charge is 0.481 e. The molecule has 1 heterocycles. The van der Waals surface area contributed by atoms with Gasteiger partial charge in [0.15, 0.2) is 0 Å². The summed E-state index contributed by atoms with van der Waals surface area (Å²) < 4.78 is 19.3. The lowest BCUT2D eigenvalue weighted by Crippen LogP contribution is -2.34. The Hall–Kier alpha value is -1.91. The van der Waals surface area contributed by atoms with Crippen LogP contribution >= 0.6 is 0 Å². The third kappa shape index (κ3) is 2.20. The number of nitrogens with zero attached hydrogens (tertiary/aromatic N) is 1. The summed E-state index contributed by atoms with van der Waals surface area (Å²) in [5.41, 5.74) is 0.351. The van der Waals surface area contributed by atoms with E-state index >= 15 is 0 Å². The fourth-order valence-electron chi connectivity index (χ4n) is 2.70. The molecule has 4 nitrogen and oxygen atoms in total. The van der Waals surface area contributed by atoms with E-state index in [1.807, 2.05) is 0 Å². The molecule has 3 atom stereocenters. The second-order valence-electron chi connectivity index (χ2n) is 4.99. The van der Waals surface area contributed by atoms with Crippen LogP contribution in [0.25, 0.3) is 0 Å². The Labute approximate surface area is 109 Å². The lowest BCUT2D eigenvalue weighted by atomic mass is 9.84. The molecule has 1 aliphatic heterocycles. The Kier molecular flexibility index (Phi) is 2.97. The summed E-state index contributed by atoms with van der Waals surface area (Å²) in [4.78, 5) is 15.4. The van der Waals surface area contributed by atoms with Gasteiger partial charge in [0.25, 0.3) is 0 Å². The van der Waals surface area contributed by atoms with Crippen LogP contribution in [0, 0.1) is 11.7 Å². The second kappa shape index (κ2) is 4.64. The number of aliphatic imine (C=N–C) groups is 1. The number of fused-ring (bicyclic) bond motifs is 1. The van der Waals surface area contributed by atoms with Gasteiger partial charge in [0.2, 0.25) is 5.90 Å². The molecule has 3 unspecified atom stereocenters. The van der Waals surface area contributed by atoms with Crippen LogP contribution in [0.5, 0.6) is 0 Å². The van der Waals surface area contributed by atoms with Gasteiger partial charge in [-0.15, -0.1) is 0 Å². The van der Waals surface area contributed by atoms with Gasteiger partial charge >= 0.3 is 5.97 Å². The van der Waals surface area contributed by atoms with E-state index in [4.69, 9.17) is 9.84 Å². The number of hydrogen-bond acceptors (Lipinski definition) is 3. The monoisotopic (exact) mass is 263 g/mol. The third-order valence-electron chi connectivity index (χ3n) is 3.76. The average molecular weight is 263 g/mol. The Balaban J connectivity index is 1.79. The molecule has 100 valence electrons. The van der Waals surface area contributed by atoms with Gasteiger partial charge < -0.3 is 9.84 Å². The van der Waals surface area contributed by atoms with E-state index in [-0.39, 0.29) is 23.9 Å². The number of halogens is 1. The molecular weight excluding hydrogens is 249 g/mol. The smallest absolute Gasteiger partial charge is 0.306 e. The highest BCUT2D eigenvalue weighted by molar-refractivity contribution is 5.95. The van der Waals surface area contributed by atoms with Gasteiger partial charge in [0.05, 0.1) is 17.5 Å². The maximum absolute atomic E-state index is 13.7. The molecule has 0 radical (unpaired) electrons. The van der Waals surface area contributed by atoms with E-state index in [1.165, 1.54) is 6.07 Å². The minimum absolute atomic E-state index is 0.0368. The van der Waals surface area contributed by atoms with E-state index in [0.29, 0.717) is 30.7 Å². The lowest BCUT2D eigenvalue weighted by Gasteiger charge is -2.26. The molecule has 0 spiro atoms. The number of hydrogen-bond donors (Lipinski definition) is 1. The molecular formula is C14H14FNO3. The standard InChI is InChI=1S/C14H14FNO3/c15-10-4-2-1-3-9(10)13-16-11-6-5-8(14(17)18)7-12(11)19-13/h1-4,8,11-12H,5-7H2,(H,17,18). The molecule has 2 aliphatic rings. The molecule has 0 bridgehead atoms. The summed E-state index contributed by atoms with van der Waals surface area (Å²) >= 11 is 0. The molecule has 1 N–H and O–H groups in total. The van der Waals surface area contributed by atoms with E-state index in [2.05, 4.69) is 4.99 Å². The van der Waals surface area contributed by atoms with Gasteiger partial charge in [-0.3, -0.25) is 4.79 Å². The van der Waals surface area contributed by atoms with Crippen molar-refractivity contribution in [2.75, 3.05) is 0 Å². The van der Waals surface area contributed by atoms with Crippen LogP contribution < -0.4 is 0 Å². The number of rotatable bonds is 2. The number of aliphatic carboxylic acids is 1. The highest BCUT2D eigenvalue weighted by atomic mass is 19.1. The topological polar surface area (TPSA) is 58.9 Å². The van der Waals surface area contributed by atoms with Crippen LogP contribution in [0.15, 0.2) is 29.3 Å². The first-order valence-corrected chi connectivity index (χ1v) is 6.37. The van der Waals surface area contributed by atoms with Crippen LogP contribution in [0.3, 0.4) is 0 Å². The van der Waals surface area contributed by atoms with Crippen molar-refractivity contribution < 1.29 is 19.0 Å². The first-order chi connectivity index (χ1) is 9.15. The second-order valence-corrected chi connectivity index (χ2v) is 4.99. The average Bonchev–Trinajstić information content (AvgIpc) is 2.81. The summed E-state index contributed by atoms with van der Waals surface area (Å²) in [7, 11) is 0. The van der Waals surface area contributed by atoms with Gasteiger partial charge in [0, 0.05) is 0 Å². The molecule has 3 rings (SSSR count). The maximum atomic E-state index is 13.7. The number of carbonyl (C=O) groups is 1. The number of carboxylic acids is 1. The fraction of sp³-hybridized carbons (Fsp3) is 0.429. The Bertz CT molecular complexity index is 543. The van der Waals surface area contributed by atoms with Crippen LogP contribution in [0.1, 0.15) is 24.8 Å². The van der Waals surface area contributed by atoms with Crippen molar-refractivity contribution in [1.29, 1.82) is 0 Å². The van der Waals surface area contributed by atoms with Crippen LogP contribution in [-0.2, 0) is 9.53 Å². The minimum Gasteiger partial charge on any atom is -0.481 e. The van der Waals surface area contributed by atoms with Gasteiger partial charge in [-0.05, 0) is 31.4 Å². The van der Waals surface area contributed by atoms with E-state index in [1.54, 1.807) is 18.2 Å². The van der Waals surface area contributed by atoms with Gasteiger partial charge in [-0.1, -0.05) is 12.1 Å². The maximum Gasteiger partial charge on any atom is 0.306 e. The predicted molar refractivity (Wildman–Crippen MR) is 66.6 cm³/mol. The van der Waals surface area contributed by atoms with Crippen molar-refractivity contribution in [2.24, 2.45) is 10.9 Å². The van der Waals surface area contributed by atoms with E-state index < -0.39 is 5.97 Å². The highest BCUT2D eigenvalue weighted by Gasteiger charge is 2.40. The summed E-state index contributed by atoms with van der Waals surface area (Å²) in [6.45, 7) is 0. The fourth-order valence-corrected chi connectivity index (χ4v) is 2.70. The van der Waals surface area contributed by atoms with E-state index in [0.717, 1.165) is 0 Å². The van der Waals surface area contributed by atoms with Crippen LogP contribution in [0.4, 0.5) is 4.39 Å². The summed E-state index contributed by atoms with van der Waals surface area (Å²) in [6.07, 6.45) is 1.50. The first-order valence-electron chi connectivity index (χ1n) is 6.37. The van der Waals surface area contributed by atoms with Crippen molar-refractivity contribution >= 4 is 11.9 Å². The first kappa shape index (κ1) is 12.1. The number of carboxylic acid groups (broad SMARTS) is 1. The van der Waals surface area contributed by atoms with Gasteiger partial charge in [-0.25, -0.2) is 9.38 Å². The molecule has 1 fully saturated rings. The van der Waals surface area contributed by atoms with Crippen molar-refractivity contribution in [3.63, 3.8) is 0 Å². The molecule has 19 heavy (non-hydrogen) atoms.